The predicted molar refractivity (Wildman–Crippen MR) is 103 cm³/mol. The van der Waals surface area contributed by atoms with Crippen LogP contribution in [0.15, 0.2) is 18.2 Å². The molecule has 32 heavy (non-hydrogen) atoms. The van der Waals surface area contributed by atoms with Crippen molar-refractivity contribution in [1.29, 1.82) is 5.26 Å². The van der Waals surface area contributed by atoms with Gasteiger partial charge in [0.25, 0.3) is 10.2 Å². The second kappa shape index (κ2) is 6.74. The third kappa shape index (κ3) is 3.05. The van der Waals surface area contributed by atoms with Gasteiger partial charge in [0.05, 0.1) is 52.0 Å². The van der Waals surface area contributed by atoms with Gasteiger partial charge < -0.3 is 4.74 Å². The van der Waals surface area contributed by atoms with Crippen LogP contribution in [0.4, 0.5) is 18.9 Å². The number of imide groups is 1. The van der Waals surface area contributed by atoms with E-state index in [1.807, 2.05) is 0 Å². The summed E-state index contributed by atoms with van der Waals surface area (Å²) in [5.74, 6) is -3.58. The van der Waals surface area contributed by atoms with E-state index in [1.54, 1.807) is 6.92 Å². The van der Waals surface area contributed by atoms with Crippen molar-refractivity contribution >= 4 is 27.7 Å². The van der Waals surface area contributed by atoms with Crippen molar-refractivity contribution in [3.63, 3.8) is 0 Å². The molecule has 3 fully saturated rings. The molecule has 172 valence electrons. The SMILES string of the molecule is CNS(=O)(=O)N[C@@H]1C[C@@]2(C)O[C@]1(C)[C@@H]1C(=O)N(c3ccc(C#N)c(C(F)(F)F)c3)C(=O)[C@@H]12. The first-order chi connectivity index (χ1) is 14.7. The summed E-state index contributed by atoms with van der Waals surface area (Å²) in [6.45, 7) is 3.10. The zero-order valence-corrected chi connectivity index (χ0v) is 18.0. The van der Waals surface area contributed by atoms with Crippen LogP contribution < -0.4 is 14.3 Å². The summed E-state index contributed by atoms with van der Waals surface area (Å²) in [7, 11) is -2.68. The lowest BCUT2D eigenvalue weighted by atomic mass is 9.67. The number of hydrogen-bond acceptors (Lipinski definition) is 6. The topological polar surface area (TPSA) is 129 Å². The lowest BCUT2D eigenvalue weighted by molar-refractivity contribution is -0.138. The lowest BCUT2D eigenvalue weighted by Gasteiger charge is -2.35. The van der Waals surface area contributed by atoms with Crippen molar-refractivity contribution < 1.29 is 35.9 Å². The maximum absolute atomic E-state index is 13.4. The first-order valence-corrected chi connectivity index (χ1v) is 11.1. The molecular formula is C19H19F3N4O5S. The molecule has 0 saturated carbocycles. The molecule has 2 N–H and O–H groups in total. The number of anilines is 1. The molecule has 13 heteroatoms. The molecule has 0 aliphatic carbocycles. The van der Waals surface area contributed by atoms with Gasteiger partial charge in [0, 0.05) is 7.05 Å². The Labute approximate surface area is 181 Å². The van der Waals surface area contributed by atoms with Crippen LogP contribution in [-0.2, 0) is 30.7 Å². The fraction of sp³-hybridized carbons (Fsp3) is 0.526. The van der Waals surface area contributed by atoms with Crippen molar-refractivity contribution in [3.05, 3.63) is 29.3 Å². The smallest absolute Gasteiger partial charge is 0.366 e. The molecule has 3 saturated heterocycles. The van der Waals surface area contributed by atoms with E-state index in [0.29, 0.717) is 11.0 Å². The summed E-state index contributed by atoms with van der Waals surface area (Å²) in [6.07, 6.45) is -4.76. The van der Waals surface area contributed by atoms with E-state index in [-0.39, 0.29) is 12.1 Å². The van der Waals surface area contributed by atoms with Gasteiger partial charge in [-0.2, -0.15) is 31.6 Å². The van der Waals surface area contributed by atoms with E-state index in [2.05, 4.69) is 9.44 Å². The minimum atomic E-state index is -4.86. The number of fused-ring (bicyclic) bond motifs is 5. The number of hydrogen-bond donors (Lipinski definition) is 2. The fourth-order valence-corrected chi connectivity index (χ4v) is 6.03. The standard InChI is InChI=1S/C19H19F3N4O5S/c1-17-7-12(25-32(29,30)24-3)18(2,31-17)14-13(17)15(27)26(16(14)28)10-5-4-9(8-23)11(6-10)19(20,21)22/h4-6,12-14,24-25H,7H2,1-3H3/t12-,13-,14+,17-,18+/m1/s1. The summed E-state index contributed by atoms with van der Waals surface area (Å²) in [4.78, 5) is 27.2. The minimum Gasteiger partial charge on any atom is -0.366 e. The average molecular weight is 472 g/mol. The molecule has 0 aromatic heterocycles. The highest BCUT2D eigenvalue weighted by Crippen LogP contribution is 2.61. The molecule has 4 rings (SSSR count). The largest absolute Gasteiger partial charge is 0.417 e. The second-order valence-corrected chi connectivity index (χ2v) is 10.1. The molecule has 0 spiro atoms. The predicted octanol–water partition coefficient (Wildman–Crippen LogP) is 1.06. The van der Waals surface area contributed by atoms with E-state index < -0.39 is 68.4 Å². The number of rotatable bonds is 4. The van der Waals surface area contributed by atoms with Gasteiger partial charge in [-0.3, -0.25) is 9.59 Å². The van der Waals surface area contributed by atoms with E-state index in [0.717, 1.165) is 12.1 Å². The van der Waals surface area contributed by atoms with Gasteiger partial charge >= 0.3 is 6.18 Å². The van der Waals surface area contributed by atoms with E-state index >= 15 is 0 Å². The van der Waals surface area contributed by atoms with Crippen LogP contribution in [0.3, 0.4) is 0 Å². The number of nitrogens with one attached hydrogen (secondary N) is 2. The molecular weight excluding hydrogens is 453 g/mol. The molecule has 0 radical (unpaired) electrons. The van der Waals surface area contributed by atoms with Gasteiger partial charge in [-0.1, -0.05) is 0 Å². The number of carbonyl (C=O) groups excluding carboxylic acids is 2. The Morgan fingerprint density at radius 1 is 1.22 bits per heavy atom. The molecule has 0 unspecified atom stereocenters. The van der Waals surface area contributed by atoms with Crippen molar-refractivity contribution in [2.24, 2.45) is 11.8 Å². The highest BCUT2D eigenvalue weighted by molar-refractivity contribution is 7.87. The minimum absolute atomic E-state index is 0.0968. The van der Waals surface area contributed by atoms with Gasteiger partial charge in [0.1, 0.15) is 0 Å². The normalized spacial score (nSPS) is 34.2. The summed E-state index contributed by atoms with van der Waals surface area (Å²) >= 11 is 0. The summed E-state index contributed by atoms with van der Waals surface area (Å²) < 4.78 is 74.8. The van der Waals surface area contributed by atoms with Gasteiger partial charge in [0.2, 0.25) is 11.8 Å². The molecule has 3 aliphatic rings. The van der Waals surface area contributed by atoms with Crippen LogP contribution in [-0.4, -0.2) is 44.5 Å². The molecule has 2 bridgehead atoms. The molecule has 5 atom stereocenters. The highest BCUT2D eigenvalue weighted by atomic mass is 32.2. The van der Waals surface area contributed by atoms with Crippen LogP contribution in [0.5, 0.6) is 0 Å². The lowest BCUT2D eigenvalue weighted by Crippen LogP contribution is -2.57. The molecule has 1 aromatic carbocycles. The zero-order valence-electron chi connectivity index (χ0n) is 17.1. The van der Waals surface area contributed by atoms with Crippen molar-refractivity contribution in [1.82, 2.24) is 9.44 Å². The van der Waals surface area contributed by atoms with Crippen LogP contribution in [0.2, 0.25) is 0 Å². The van der Waals surface area contributed by atoms with Gasteiger partial charge in [0.15, 0.2) is 0 Å². The van der Waals surface area contributed by atoms with Gasteiger partial charge in [-0.05, 0) is 38.5 Å². The highest BCUT2D eigenvalue weighted by Gasteiger charge is 2.76. The monoisotopic (exact) mass is 472 g/mol. The van der Waals surface area contributed by atoms with Crippen LogP contribution in [0, 0.1) is 23.2 Å². The van der Waals surface area contributed by atoms with E-state index in [9.17, 15) is 31.2 Å². The number of amides is 2. The summed E-state index contributed by atoms with van der Waals surface area (Å²) in [5.41, 5.74) is -4.78. The van der Waals surface area contributed by atoms with Crippen LogP contribution in [0.1, 0.15) is 31.4 Å². The van der Waals surface area contributed by atoms with Gasteiger partial charge in [-0.15, -0.1) is 0 Å². The Hall–Kier alpha value is -2.53. The number of nitrogens with zero attached hydrogens (tertiary/aromatic N) is 2. The number of benzene rings is 1. The quantitative estimate of drug-likeness (QED) is 0.631. The van der Waals surface area contributed by atoms with E-state index in [1.165, 1.54) is 20.0 Å². The Kier molecular flexibility index (Phi) is 4.77. The Morgan fingerprint density at radius 3 is 2.41 bits per heavy atom. The Bertz CT molecular complexity index is 1180. The number of halogens is 3. The number of nitriles is 1. The van der Waals surface area contributed by atoms with Crippen LogP contribution in [0.25, 0.3) is 0 Å². The molecule has 2 amide bonds. The Morgan fingerprint density at radius 2 is 1.84 bits per heavy atom. The number of ether oxygens (including phenoxy) is 1. The van der Waals surface area contributed by atoms with E-state index in [4.69, 9.17) is 10.00 Å². The molecule has 1 aromatic rings. The average Bonchev–Trinajstić information content (AvgIpc) is 3.21. The first-order valence-electron chi connectivity index (χ1n) is 9.58. The zero-order chi connectivity index (χ0) is 23.9. The number of carbonyl (C=O) groups is 2. The number of alkyl halides is 3. The van der Waals surface area contributed by atoms with Crippen molar-refractivity contribution in [3.8, 4) is 6.07 Å². The molecule has 3 heterocycles. The second-order valence-electron chi connectivity index (χ2n) is 8.49. The first kappa shape index (κ1) is 22.7. The maximum Gasteiger partial charge on any atom is 0.417 e. The third-order valence-electron chi connectivity index (χ3n) is 6.59. The Balaban J connectivity index is 1.76. The van der Waals surface area contributed by atoms with Crippen molar-refractivity contribution in [2.75, 3.05) is 11.9 Å². The van der Waals surface area contributed by atoms with Crippen molar-refractivity contribution in [2.45, 2.75) is 43.7 Å². The maximum atomic E-state index is 13.4. The van der Waals surface area contributed by atoms with Gasteiger partial charge in [-0.25, -0.2) is 9.62 Å². The summed E-state index contributed by atoms with van der Waals surface area (Å²) in [5, 5.41) is 8.99. The summed E-state index contributed by atoms with van der Waals surface area (Å²) in [6, 6.07) is 3.23. The molecule has 9 nitrogen and oxygen atoms in total. The van der Waals surface area contributed by atoms with Crippen LogP contribution >= 0.6 is 0 Å². The fourth-order valence-electron chi connectivity index (χ4n) is 5.22. The third-order valence-corrected chi connectivity index (χ3v) is 7.72. The molecule has 3 aliphatic heterocycles.